The third kappa shape index (κ3) is 3.72. The van der Waals surface area contributed by atoms with Gasteiger partial charge in [-0.15, -0.1) is 11.3 Å². The van der Waals surface area contributed by atoms with Gasteiger partial charge in [0.25, 0.3) is 5.56 Å². The monoisotopic (exact) mass is 309 g/mol. The highest BCUT2D eigenvalue weighted by atomic mass is 32.1. The first-order valence-corrected chi connectivity index (χ1v) is 7.67. The number of aromatic amines is 1. The molecule has 0 fully saturated rings. The predicted octanol–water partition coefficient (Wildman–Crippen LogP) is 0.886. The number of anilines is 2. The van der Waals surface area contributed by atoms with Crippen molar-refractivity contribution in [2.75, 3.05) is 17.6 Å². The van der Waals surface area contributed by atoms with Crippen LogP contribution in [0.15, 0.2) is 20.5 Å². The van der Waals surface area contributed by atoms with Crippen molar-refractivity contribution in [2.45, 2.75) is 26.8 Å². The summed E-state index contributed by atoms with van der Waals surface area (Å²) >= 11 is 1.53. The van der Waals surface area contributed by atoms with E-state index in [-0.39, 0.29) is 17.4 Å². The summed E-state index contributed by atoms with van der Waals surface area (Å²) in [5.41, 5.74) is 7.95. The number of thiazole rings is 1. The number of nitrogens with two attached hydrogens (primary N) is 1. The van der Waals surface area contributed by atoms with Gasteiger partial charge in [0.1, 0.15) is 11.5 Å². The number of nitrogens with zero attached hydrogens (tertiary/aromatic N) is 2. The van der Waals surface area contributed by atoms with Gasteiger partial charge in [-0.25, -0.2) is 9.78 Å². The van der Waals surface area contributed by atoms with Gasteiger partial charge in [-0.2, -0.15) is 0 Å². The maximum Gasteiger partial charge on any atom is 0.330 e. The van der Waals surface area contributed by atoms with Crippen molar-refractivity contribution in [3.8, 4) is 0 Å². The normalized spacial score (nSPS) is 11.0. The van der Waals surface area contributed by atoms with Crippen molar-refractivity contribution in [3.05, 3.63) is 37.4 Å². The second kappa shape index (κ2) is 6.57. The van der Waals surface area contributed by atoms with Crippen LogP contribution in [0.4, 0.5) is 11.5 Å². The highest BCUT2D eigenvalue weighted by Gasteiger charge is 2.12. The van der Waals surface area contributed by atoms with E-state index in [0.717, 1.165) is 5.69 Å². The molecule has 4 N–H and O–H groups in total. The highest BCUT2D eigenvalue weighted by molar-refractivity contribution is 7.07. The predicted molar refractivity (Wildman–Crippen MR) is 84.9 cm³/mol. The Labute approximate surface area is 125 Å². The number of hydrogen-bond donors (Lipinski definition) is 3. The smallest absolute Gasteiger partial charge is 0.330 e. The molecule has 2 rings (SSSR count). The molecule has 2 aromatic rings. The third-order valence-electron chi connectivity index (χ3n) is 2.95. The third-order valence-corrected chi connectivity index (χ3v) is 3.59. The quantitative estimate of drug-likeness (QED) is 0.734. The minimum atomic E-state index is -0.490. The Morgan fingerprint density at radius 3 is 2.86 bits per heavy atom. The molecule has 7 nitrogen and oxygen atoms in total. The van der Waals surface area contributed by atoms with Crippen LogP contribution in [0.1, 0.15) is 19.5 Å². The van der Waals surface area contributed by atoms with Gasteiger partial charge in [-0.3, -0.25) is 14.3 Å². The van der Waals surface area contributed by atoms with Crippen molar-refractivity contribution in [3.63, 3.8) is 0 Å². The summed E-state index contributed by atoms with van der Waals surface area (Å²) in [6, 6.07) is 0. The van der Waals surface area contributed by atoms with E-state index in [4.69, 9.17) is 5.73 Å². The van der Waals surface area contributed by atoms with E-state index in [1.165, 1.54) is 15.9 Å². The summed E-state index contributed by atoms with van der Waals surface area (Å²) in [6.07, 6.45) is 0.686. The van der Waals surface area contributed by atoms with Crippen LogP contribution in [0.2, 0.25) is 0 Å². The molecule has 8 heteroatoms. The summed E-state index contributed by atoms with van der Waals surface area (Å²) < 4.78 is 1.39. The SMILES string of the molecule is CC(C)Cn1c(N)c(NCCc2cscn2)c(=O)[nH]c1=O. The summed E-state index contributed by atoms with van der Waals surface area (Å²) in [5, 5.41) is 4.95. The van der Waals surface area contributed by atoms with Gasteiger partial charge >= 0.3 is 5.69 Å². The van der Waals surface area contributed by atoms with Gasteiger partial charge < -0.3 is 11.1 Å². The second-order valence-corrected chi connectivity index (χ2v) is 5.90. The standard InChI is InChI=1S/C13H19N5O2S/c1-8(2)5-18-11(14)10(12(19)17-13(18)20)15-4-3-9-6-21-7-16-9/h6-8,15H,3-5,14H2,1-2H3,(H,17,19,20). The van der Waals surface area contributed by atoms with E-state index in [1.54, 1.807) is 5.51 Å². The van der Waals surface area contributed by atoms with Crippen LogP contribution in [-0.4, -0.2) is 21.1 Å². The second-order valence-electron chi connectivity index (χ2n) is 5.18. The van der Waals surface area contributed by atoms with Gasteiger partial charge in [-0.05, 0) is 5.92 Å². The lowest BCUT2D eigenvalue weighted by Gasteiger charge is -2.15. The number of hydrogen-bond acceptors (Lipinski definition) is 6. The van der Waals surface area contributed by atoms with Crippen LogP contribution in [0, 0.1) is 5.92 Å². The lowest BCUT2D eigenvalue weighted by molar-refractivity contribution is 0.508. The molecule has 0 bridgehead atoms. The molecular formula is C13H19N5O2S. The van der Waals surface area contributed by atoms with Gasteiger partial charge in [0, 0.05) is 24.9 Å². The number of nitrogen functional groups attached to an aromatic ring is 1. The fraction of sp³-hybridized carbons (Fsp3) is 0.462. The molecule has 0 saturated carbocycles. The lowest BCUT2D eigenvalue weighted by atomic mass is 10.2. The molecule has 2 heterocycles. The Morgan fingerprint density at radius 1 is 1.48 bits per heavy atom. The van der Waals surface area contributed by atoms with E-state index >= 15 is 0 Å². The lowest BCUT2D eigenvalue weighted by Crippen LogP contribution is -2.35. The fourth-order valence-corrected chi connectivity index (χ4v) is 2.57. The molecule has 0 saturated heterocycles. The molecule has 0 aliphatic rings. The van der Waals surface area contributed by atoms with Gasteiger partial charge in [0.05, 0.1) is 11.2 Å². The van der Waals surface area contributed by atoms with E-state index in [0.29, 0.717) is 19.5 Å². The van der Waals surface area contributed by atoms with Crippen LogP contribution in [-0.2, 0) is 13.0 Å². The summed E-state index contributed by atoms with van der Waals surface area (Å²) in [4.78, 5) is 30.1. The molecule has 0 radical (unpaired) electrons. The van der Waals surface area contributed by atoms with Gasteiger partial charge in [0.2, 0.25) is 0 Å². The first-order valence-electron chi connectivity index (χ1n) is 6.72. The first kappa shape index (κ1) is 15.3. The Hall–Kier alpha value is -2.09. The summed E-state index contributed by atoms with van der Waals surface area (Å²) in [5.74, 6) is 0.425. The van der Waals surface area contributed by atoms with E-state index in [9.17, 15) is 9.59 Å². The van der Waals surface area contributed by atoms with E-state index in [1.807, 2.05) is 19.2 Å². The maximum absolute atomic E-state index is 11.9. The molecular weight excluding hydrogens is 290 g/mol. The van der Waals surface area contributed by atoms with E-state index < -0.39 is 11.2 Å². The minimum absolute atomic E-state index is 0.177. The number of rotatable bonds is 6. The number of H-pyrrole nitrogens is 1. The largest absolute Gasteiger partial charge is 0.383 e. The molecule has 2 aromatic heterocycles. The van der Waals surface area contributed by atoms with Crippen molar-refractivity contribution < 1.29 is 0 Å². The zero-order valence-electron chi connectivity index (χ0n) is 12.0. The number of nitrogens with one attached hydrogen (secondary N) is 2. The Morgan fingerprint density at radius 2 is 2.24 bits per heavy atom. The molecule has 0 aliphatic heterocycles. The van der Waals surface area contributed by atoms with Crippen LogP contribution in [0.5, 0.6) is 0 Å². The molecule has 0 spiro atoms. The highest BCUT2D eigenvalue weighted by Crippen LogP contribution is 2.12. The van der Waals surface area contributed by atoms with Crippen LogP contribution in [0.25, 0.3) is 0 Å². The number of aromatic nitrogens is 3. The summed E-state index contributed by atoms with van der Waals surface area (Å²) in [7, 11) is 0. The molecule has 0 atom stereocenters. The van der Waals surface area contributed by atoms with E-state index in [2.05, 4.69) is 15.3 Å². The first-order chi connectivity index (χ1) is 9.99. The van der Waals surface area contributed by atoms with Crippen molar-refractivity contribution in [1.82, 2.24) is 14.5 Å². The fourth-order valence-electron chi connectivity index (χ4n) is 1.98. The Balaban J connectivity index is 2.18. The maximum atomic E-state index is 11.9. The molecule has 114 valence electrons. The van der Waals surface area contributed by atoms with Crippen LogP contribution < -0.4 is 22.3 Å². The molecule has 0 aliphatic carbocycles. The van der Waals surface area contributed by atoms with Crippen LogP contribution in [0.3, 0.4) is 0 Å². The van der Waals surface area contributed by atoms with Crippen molar-refractivity contribution >= 4 is 22.8 Å². The Bertz CT molecular complexity index is 702. The zero-order chi connectivity index (χ0) is 15.4. The van der Waals surface area contributed by atoms with Gasteiger partial charge in [-0.1, -0.05) is 13.8 Å². The topological polar surface area (TPSA) is 106 Å². The molecule has 0 unspecified atom stereocenters. The molecule has 0 amide bonds. The average Bonchev–Trinajstić information content (AvgIpc) is 2.91. The summed E-state index contributed by atoms with van der Waals surface area (Å²) in [6.45, 7) is 4.94. The average molecular weight is 309 g/mol. The zero-order valence-corrected chi connectivity index (χ0v) is 12.9. The molecule has 0 aromatic carbocycles. The van der Waals surface area contributed by atoms with Crippen molar-refractivity contribution in [1.29, 1.82) is 0 Å². The van der Waals surface area contributed by atoms with Crippen LogP contribution >= 0.6 is 11.3 Å². The minimum Gasteiger partial charge on any atom is -0.383 e. The Kier molecular flexibility index (Phi) is 4.79. The molecule has 21 heavy (non-hydrogen) atoms. The van der Waals surface area contributed by atoms with Crippen molar-refractivity contribution in [2.24, 2.45) is 5.92 Å². The van der Waals surface area contributed by atoms with Gasteiger partial charge in [0.15, 0.2) is 0 Å².